The summed E-state index contributed by atoms with van der Waals surface area (Å²) in [5, 5.41) is 6.26. The number of hydrogen-bond donors (Lipinski definition) is 1. The monoisotopic (exact) mass is 427 g/mol. The summed E-state index contributed by atoms with van der Waals surface area (Å²) in [6.45, 7) is -1.14. The number of alkyl halides is 5. The van der Waals surface area contributed by atoms with Crippen LogP contribution in [0.15, 0.2) is 59.0 Å². The number of thiazole rings is 1. The number of ether oxygens (including phenoxy) is 1. The summed E-state index contributed by atoms with van der Waals surface area (Å²) in [6, 6.07) is 12.4. The third kappa shape index (κ3) is 5.74. The van der Waals surface area contributed by atoms with E-state index in [9.17, 15) is 22.0 Å². The second-order valence-electron chi connectivity index (χ2n) is 5.73. The zero-order valence-corrected chi connectivity index (χ0v) is 15.5. The number of aromatic nitrogens is 1. The Labute approximate surface area is 166 Å². The molecule has 4 nitrogen and oxygen atoms in total. The Morgan fingerprint density at radius 2 is 1.90 bits per heavy atom. The molecular weight excluding hydrogens is 413 g/mol. The SMILES string of the molecule is FC(F)COc1cc(C=NNc2nc(-c3ccccc3)cs2)ccc1C(F)(F)F. The Morgan fingerprint density at radius 1 is 1.14 bits per heavy atom. The fourth-order valence-electron chi connectivity index (χ4n) is 2.35. The third-order valence-corrected chi connectivity index (χ3v) is 4.37. The van der Waals surface area contributed by atoms with Crippen molar-refractivity contribution in [3.63, 3.8) is 0 Å². The van der Waals surface area contributed by atoms with Gasteiger partial charge in [-0.15, -0.1) is 11.3 Å². The second-order valence-corrected chi connectivity index (χ2v) is 6.59. The summed E-state index contributed by atoms with van der Waals surface area (Å²) in [4.78, 5) is 4.36. The molecular formula is C19H14F5N3OS. The van der Waals surface area contributed by atoms with Crippen LogP contribution in [0.5, 0.6) is 5.75 Å². The summed E-state index contributed by atoms with van der Waals surface area (Å²) in [5.74, 6) is -0.678. The standard InChI is InChI=1S/C19H14F5N3OS/c20-17(21)10-28-16-8-12(6-7-14(16)19(22,23)24)9-25-27-18-26-15(11-29-18)13-4-2-1-3-5-13/h1-9,11,17H,10H2,(H,26,27). The van der Waals surface area contributed by atoms with Gasteiger partial charge in [0.05, 0.1) is 17.5 Å². The van der Waals surface area contributed by atoms with Gasteiger partial charge >= 0.3 is 6.18 Å². The van der Waals surface area contributed by atoms with Crippen molar-refractivity contribution >= 4 is 22.7 Å². The van der Waals surface area contributed by atoms with Crippen molar-refractivity contribution in [2.24, 2.45) is 5.10 Å². The highest BCUT2D eigenvalue weighted by atomic mass is 32.1. The summed E-state index contributed by atoms with van der Waals surface area (Å²) in [7, 11) is 0. The highest BCUT2D eigenvalue weighted by molar-refractivity contribution is 7.14. The molecule has 1 aromatic heterocycles. The van der Waals surface area contributed by atoms with Gasteiger partial charge in [-0.2, -0.15) is 18.3 Å². The molecule has 1 heterocycles. The molecule has 3 aromatic rings. The molecule has 10 heteroatoms. The van der Waals surface area contributed by atoms with Crippen LogP contribution in [0.3, 0.4) is 0 Å². The van der Waals surface area contributed by atoms with Crippen molar-refractivity contribution in [1.82, 2.24) is 4.98 Å². The molecule has 0 saturated heterocycles. The number of hydrazone groups is 1. The minimum absolute atomic E-state index is 0.245. The van der Waals surface area contributed by atoms with E-state index in [1.165, 1.54) is 23.6 Å². The van der Waals surface area contributed by atoms with Crippen LogP contribution >= 0.6 is 11.3 Å². The van der Waals surface area contributed by atoms with Crippen LogP contribution in [0.1, 0.15) is 11.1 Å². The van der Waals surface area contributed by atoms with Gasteiger partial charge in [-0.25, -0.2) is 13.8 Å². The van der Waals surface area contributed by atoms with E-state index in [1.807, 2.05) is 35.7 Å². The fourth-order valence-corrected chi connectivity index (χ4v) is 3.02. The topological polar surface area (TPSA) is 46.5 Å². The Morgan fingerprint density at radius 3 is 2.59 bits per heavy atom. The number of hydrogen-bond acceptors (Lipinski definition) is 5. The number of nitrogens with one attached hydrogen (secondary N) is 1. The highest BCUT2D eigenvalue weighted by Crippen LogP contribution is 2.36. The van der Waals surface area contributed by atoms with E-state index in [1.54, 1.807) is 0 Å². The lowest BCUT2D eigenvalue weighted by Crippen LogP contribution is -2.13. The lowest BCUT2D eigenvalue weighted by atomic mass is 10.1. The maximum Gasteiger partial charge on any atom is 0.419 e. The number of rotatable bonds is 7. The van der Waals surface area contributed by atoms with Crippen molar-refractivity contribution in [3.05, 3.63) is 65.0 Å². The molecule has 1 N–H and O–H groups in total. The highest BCUT2D eigenvalue weighted by Gasteiger charge is 2.34. The van der Waals surface area contributed by atoms with E-state index >= 15 is 0 Å². The van der Waals surface area contributed by atoms with E-state index in [0.29, 0.717) is 5.13 Å². The van der Waals surface area contributed by atoms with E-state index in [0.717, 1.165) is 23.4 Å². The lowest BCUT2D eigenvalue weighted by Gasteiger charge is -2.14. The van der Waals surface area contributed by atoms with Crippen molar-refractivity contribution in [2.45, 2.75) is 12.6 Å². The molecule has 0 fully saturated rings. The fraction of sp³-hybridized carbons (Fsp3) is 0.158. The Kier molecular flexibility index (Phi) is 6.42. The Hall–Kier alpha value is -3.01. The lowest BCUT2D eigenvalue weighted by molar-refractivity contribution is -0.139. The van der Waals surface area contributed by atoms with Gasteiger partial charge in [0.15, 0.2) is 0 Å². The minimum atomic E-state index is -4.72. The summed E-state index contributed by atoms with van der Waals surface area (Å²) >= 11 is 1.31. The first-order chi connectivity index (χ1) is 13.8. The molecule has 0 atom stereocenters. The molecule has 0 bridgehead atoms. The van der Waals surface area contributed by atoms with Gasteiger partial charge in [-0.3, -0.25) is 5.43 Å². The molecule has 152 valence electrons. The summed E-state index contributed by atoms with van der Waals surface area (Å²) < 4.78 is 68.3. The molecule has 0 aliphatic rings. The maximum absolute atomic E-state index is 13.0. The van der Waals surface area contributed by atoms with Gasteiger partial charge in [-0.1, -0.05) is 36.4 Å². The molecule has 29 heavy (non-hydrogen) atoms. The molecule has 0 spiro atoms. The first-order valence-corrected chi connectivity index (χ1v) is 9.13. The smallest absolute Gasteiger partial charge is 0.419 e. The molecule has 2 aromatic carbocycles. The van der Waals surface area contributed by atoms with Gasteiger partial charge in [0.25, 0.3) is 6.43 Å². The average Bonchev–Trinajstić information content (AvgIpc) is 3.15. The van der Waals surface area contributed by atoms with Crippen molar-refractivity contribution < 1.29 is 26.7 Å². The maximum atomic E-state index is 13.0. The van der Waals surface area contributed by atoms with Crippen molar-refractivity contribution in [1.29, 1.82) is 0 Å². The molecule has 0 aliphatic heterocycles. The van der Waals surface area contributed by atoms with E-state index in [-0.39, 0.29) is 5.56 Å². The van der Waals surface area contributed by atoms with Crippen molar-refractivity contribution in [2.75, 3.05) is 12.0 Å². The average molecular weight is 427 g/mol. The first-order valence-electron chi connectivity index (χ1n) is 8.25. The molecule has 0 radical (unpaired) electrons. The van der Waals surface area contributed by atoms with Gasteiger partial charge in [0.2, 0.25) is 5.13 Å². The summed E-state index contributed by atoms with van der Waals surface area (Å²) in [6.07, 6.45) is -6.36. The van der Waals surface area contributed by atoms with E-state index < -0.39 is 30.5 Å². The molecule has 3 rings (SSSR count). The van der Waals surface area contributed by atoms with Crippen molar-refractivity contribution in [3.8, 4) is 17.0 Å². The largest absolute Gasteiger partial charge is 0.487 e. The quantitative estimate of drug-likeness (QED) is 0.289. The van der Waals surface area contributed by atoms with Crippen LogP contribution in [0, 0.1) is 0 Å². The number of benzene rings is 2. The van der Waals surface area contributed by atoms with Crippen LogP contribution in [0.4, 0.5) is 27.1 Å². The van der Waals surface area contributed by atoms with Gasteiger partial charge < -0.3 is 4.74 Å². The zero-order chi connectivity index (χ0) is 20.9. The van der Waals surface area contributed by atoms with E-state index in [4.69, 9.17) is 0 Å². The first kappa shape index (κ1) is 20.7. The molecule has 0 amide bonds. The van der Waals surface area contributed by atoms with Crippen LogP contribution in [0.25, 0.3) is 11.3 Å². The predicted octanol–water partition coefficient (Wildman–Crippen LogP) is 5.92. The van der Waals surface area contributed by atoms with Gasteiger partial charge in [0.1, 0.15) is 12.4 Å². The number of nitrogens with zero attached hydrogens (tertiary/aromatic N) is 2. The number of anilines is 1. The second kappa shape index (κ2) is 8.99. The third-order valence-electron chi connectivity index (χ3n) is 3.62. The normalized spacial score (nSPS) is 11.9. The van der Waals surface area contributed by atoms with Crippen LogP contribution in [-0.2, 0) is 6.18 Å². The predicted molar refractivity (Wildman–Crippen MR) is 102 cm³/mol. The molecule has 0 aliphatic carbocycles. The minimum Gasteiger partial charge on any atom is -0.487 e. The molecule has 0 saturated carbocycles. The van der Waals surface area contributed by atoms with Crippen LogP contribution in [-0.4, -0.2) is 24.2 Å². The van der Waals surface area contributed by atoms with Gasteiger partial charge in [0, 0.05) is 10.9 Å². The Bertz CT molecular complexity index is 973. The Balaban J connectivity index is 1.72. The van der Waals surface area contributed by atoms with E-state index in [2.05, 4.69) is 20.2 Å². The van der Waals surface area contributed by atoms with Crippen LogP contribution < -0.4 is 10.2 Å². The van der Waals surface area contributed by atoms with Gasteiger partial charge in [-0.05, 0) is 17.7 Å². The zero-order valence-electron chi connectivity index (χ0n) is 14.7. The van der Waals surface area contributed by atoms with Crippen LogP contribution in [0.2, 0.25) is 0 Å². The number of halogens is 5. The summed E-state index contributed by atoms with van der Waals surface area (Å²) in [5.41, 5.74) is 3.50. The molecule has 0 unspecified atom stereocenters.